The molecule has 0 spiro atoms. The molecule has 1 aromatic rings. The molecule has 0 aliphatic carbocycles. The Morgan fingerprint density at radius 2 is 2.16 bits per heavy atom. The number of ether oxygens (including phenoxy) is 1. The molecule has 1 aromatic heterocycles. The van der Waals surface area contributed by atoms with Crippen molar-refractivity contribution in [3.8, 4) is 0 Å². The first-order valence-corrected chi connectivity index (χ1v) is 6.86. The highest BCUT2D eigenvalue weighted by atomic mass is 16.5. The van der Waals surface area contributed by atoms with Crippen LogP contribution in [0.15, 0.2) is 6.07 Å². The molecule has 0 radical (unpaired) electrons. The molecular weight excluding hydrogens is 242 g/mol. The first-order valence-electron chi connectivity index (χ1n) is 6.86. The van der Waals surface area contributed by atoms with Crippen LogP contribution in [0.5, 0.6) is 0 Å². The fourth-order valence-electron chi connectivity index (χ4n) is 2.33. The van der Waals surface area contributed by atoms with E-state index in [-0.39, 0.29) is 18.8 Å². The summed E-state index contributed by atoms with van der Waals surface area (Å²) in [7, 11) is 0. The zero-order valence-corrected chi connectivity index (χ0v) is 12.1. The van der Waals surface area contributed by atoms with E-state index in [2.05, 4.69) is 28.7 Å². The average Bonchev–Trinajstić information content (AvgIpc) is 2.37. The predicted molar refractivity (Wildman–Crippen MR) is 74.5 cm³/mol. The number of anilines is 1. The first-order chi connectivity index (χ1) is 8.99. The van der Waals surface area contributed by atoms with Gasteiger partial charge in [-0.05, 0) is 13.8 Å². The highest BCUT2D eigenvalue weighted by Gasteiger charge is 2.26. The van der Waals surface area contributed by atoms with Gasteiger partial charge in [-0.3, -0.25) is 0 Å². The molecule has 2 atom stereocenters. The Bertz CT molecular complexity index is 437. The largest absolute Gasteiger partial charge is 0.394 e. The highest BCUT2D eigenvalue weighted by Crippen LogP contribution is 2.21. The molecule has 19 heavy (non-hydrogen) atoms. The number of morpholine rings is 1. The number of aryl methyl sites for hydroxylation is 1. The molecule has 5 nitrogen and oxygen atoms in total. The van der Waals surface area contributed by atoms with Crippen molar-refractivity contribution in [3.05, 3.63) is 17.6 Å². The number of aliphatic hydroxyl groups is 1. The van der Waals surface area contributed by atoms with E-state index >= 15 is 0 Å². The Balaban J connectivity index is 2.25. The standard InChI is InChI=1S/C14H23N3O2/c1-9(2)14-15-10(3)5-13(16-14)17-6-11(4)19-12(7-17)8-18/h5,9,11-12,18H,6-8H2,1-4H3. The number of hydrogen-bond acceptors (Lipinski definition) is 5. The summed E-state index contributed by atoms with van der Waals surface area (Å²) < 4.78 is 5.66. The van der Waals surface area contributed by atoms with E-state index < -0.39 is 0 Å². The van der Waals surface area contributed by atoms with E-state index in [9.17, 15) is 5.11 Å². The zero-order chi connectivity index (χ0) is 14.0. The third-order valence-corrected chi connectivity index (χ3v) is 3.23. The lowest BCUT2D eigenvalue weighted by Gasteiger charge is -2.37. The van der Waals surface area contributed by atoms with Crippen LogP contribution in [0.25, 0.3) is 0 Å². The third kappa shape index (κ3) is 3.42. The molecule has 2 heterocycles. The number of hydrogen-bond donors (Lipinski definition) is 1. The molecule has 0 amide bonds. The molecule has 5 heteroatoms. The van der Waals surface area contributed by atoms with Gasteiger partial charge in [0, 0.05) is 30.8 Å². The third-order valence-electron chi connectivity index (χ3n) is 3.23. The van der Waals surface area contributed by atoms with Gasteiger partial charge in [0.25, 0.3) is 0 Å². The van der Waals surface area contributed by atoms with Gasteiger partial charge in [-0.15, -0.1) is 0 Å². The van der Waals surface area contributed by atoms with E-state index in [1.54, 1.807) is 0 Å². The topological polar surface area (TPSA) is 58.5 Å². The van der Waals surface area contributed by atoms with Crippen molar-refractivity contribution in [2.45, 2.75) is 45.8 Å². The number of nitrogens with zero attached hydrogens (tertiary/aromatic N) is 3. The summed E-state index contributed by atoms with van der Waals surface area (Å²) in [6.45, 7) is 9.71. The van der Waals surface area contributed by atoms with Crippen LogP contribution < -0.4 is 4.90 Å². The maximum Gasteiger partial charge on any atom is 0.133 e. The maximum atomic E-state index is 9.29. The van der Waals surface area contributed by atoms with Gasteiger partial charge in [-0.1, -0.05) is 13.8 Å². The summed E-state index contributed by atoms with van der Waals surface area (Å²) in [5.41, 5.74) is 0.980. The molecule has 1 fully saturated rings. The summed E-state index contributed by atoms with van der Waals surface area (Å²) in [6.07, 6.45) is -0.0369. The van der Waals surface area contributed by atoms with Crippen LogP contribution in [0.3, 0.4) is 0 Å². The van der Waals surface area contributed by atoms with Crippen molar-refractivity contribution in [2.75, 3.05) is 24.6 Å². The van der Waals surface area contributed by atoms with E-state index in [1.165, 1.54) is 0 Å². The maximum absolute atomic E-state index is 9.29. The van der Waals surface area contributed by atoms with Crippen molar-refractivity contribution in [1.82, 2.24) is 9.97 Å². The molecule has 106 valence electrons. The quantitative estimate of drug-likeness (QED) is 0.897. The fourth-order valence-corrected chi connectivity index (χ4v) is 2.33. The van der Waals surface area contributed by atoms with E-state index in [4.69, 9.17) is 4.74 Å². The van der Waals surface area contributed by atoms with Gasteiger partial charge in [-0.2, -0.15) is 0 Å². The molecule has 1 aliphatic rings. The summed E-state index contributed by atoms with van der Waals surface area (Å²) in [5, 5.41) is 9.29. The van der Waals surface area contributed by atoms with Crippen molar-refractivity contribution < 1.29 is 9.84 Å². The molecule has 1 aliphatic heterocycles. The van der Waals surface area contributed by atoms with Gasteiger partial charge < -0.3 is 14.7 Å². The molecule has 0 saturated carbocycles. The van der Waals surface area contributed by atoms with Gasteiger partial charge in [0.05, 0.1) is 18.8 Å². The van der Waals surface area contributed by atoms with Crippen molar-refractivity contribution in [2.24, 2.45) is 0 Å². The van der Waals surface area contributed by atoms with Crippen LogP contribution in [-0.2, 0) is 4.74 Å². The SMILES string of the molecule is Cc1cc(N2CC(C)OC(CO)C2)nc(C(C)C)n1. The summed E-state index contributed by atoms with van der Waals surface area (Å²) >= 11 is 0. The minimum Gasteiger partial charge on any atom is -0.394 e. The second-order valence-electron chi connectivity index (χ2n) is 5.54. The Morgan fingerprint density at radius 3 is 2.79 bits per heavy atom. The summed E-state index contributed by atoms with van der Waals surface area (Å²) in [5.74, 6) is 2.12. The van der Waals surface area contributed by atoms with Crippen LogP contribution in [-0.4, -0.2) is 47.0 Å². The van der Waals surface area contributed by atoms with Crippen molar-refractivity contribution in [1.29, 1.82) is 0 Å². The van der Waals surface area contributed by atoms with Crippen LogP contribution >= 0.6 is 0 Å². The second-order valence-corrected chi connectivity index (χ2v) is 5.54. The Hall–Kier alpha value is -1.20. The lowest BCUT2D eigenvalue weighted by molar-refractivity contribution is -0.0423. The minimum absolute atomic E-state index is 0.0436. The lowest BCUT2D eigenvalue weighted by atomic mass is 10.2. The van der Waals surface area contributed by atoms with E-state index in [0.717, 1.165) is 23.9 Å². The Morgan fingerprint density at radius 1 is 1.42 bits per heavy atom. The van der Waals surface area contributed by atoms with E-state index in [0.29, 0.717) is 12.5 Å². The predicted octanol–water partition coefficient (Wildman–Crippen LogP) is 1.49. The van der Waals surface area contributed by atoms with Crippen molar-refractivity contribution >= 4 is 5.82 Å². The Kier molecular flexibility index (Phi) is 4.37. The summed E-state index contributed by atoms with van der Waals surface area (Å²) in [4.78, 5) is 11.3. The van der Waals surface area contributed by atoms with Gasteiger partial charge in [-0.25, -0.2) is 9.97 Å². The van der Waals surface area contributed by atoms with Gasteiger partial charge in [0.15, 0.2) is 0 Å². The molecule has 2 unspecified atom stereocenters. The van der Waals surface area contributed by atoms with Crippen LogP contribution in [0, 0.1) is 6.92 Å². The molecule has 0 aromatic carbocycles. The van der Waals surface area contributed by atoms with Crippen LogP contribution in [0.2, 0.25) is 0 Å². The second kappa shape index (κ2) is 5.84. The number of aliphatic hydroxyl groups excluding tert-OH is 1. The van der Waals surface area contributed by atoms with Crippen LogP contribution in [0.4, 0.5) is 5.82 Å². The average molecular weight is 265 g/mol. The minimum atomic E-state index is -0.137. The fraction of sp³-hybridized carbons (Fsp3) is 0.714. The van der Waals surface area contributed by atoms with Gasteiger partial charge in [0.1, 0.15) is 11.6 Å². The summed E-state index contributed by atoms with van der Waals surface area (Å²) in [6, 6.07) is 2.00. The Labute approximate surface area is 114 Å². The lowest BCUT2D eigenvalue weighted by Crippen LogP contribution is -2.48. The first kappa shape index (κ1) is 14.2. The number of aromatic nitrogens is 2. The van der Waals surface area contributed by atoms with Gasteiger partial charge in [0.2, 0.25) is 0 Å². The molecule has 1 N–H and O–H groups in total. The van der Waals surface area contributed by atoms with Gasteiger partial charge >= 0.3 is 0 Å². The van der Waals surface area contributed by atoms with Crippen molar-refractivity contribution in [3.63, 3.8) is 0 Å². The molecular formula is C14H23N3O2. The zero-order valence-electron chi connectivity index (χ0n) is 12.1. The molecule has 0 bridgehead atoms. The smallest absolute Gasteiger partial charge is 0.133 e. The number of rotatable bonds is 3. The monoisotopic (exact) mass is 265 g/mol. The highest BCUT2D eigenvalue weighted by molar-refractivity contribution is 5.41. The molecule has 1 saturated heterocycles. The van der Waals surface area contributed by atoms with Crippen LogP contribution in [0.1, 0.15) is 38.2 Å². The van der Waals surface area contributed by atoms with E-state index in [1.807, 2.05) is 19.9 Å². The molecule has 2 rings (SSSR count). The normalized spacial score (nSPS) is 24.0.